The molecular formula is C9H12ClIN2S. The molecule has 0 aliphatic carbocycles. The van der Waals surface area contributed by atoms with E-state index < -0.39 is 0 Å². The first kappa shape index (κ1) is 12.5. The van der Waals surface area contributed by atoms with E-state index in [1.807, 2.05) is 11.8 Å². The number of nitrogens with zero attached hydrogens (tertiary/aromatic N) is 2. The Bertz CT molecular complexity index is 320. The third-order valence-electron chi connectivity index (χ3n) is 1.70. The highest BCUT2D eigenvalue weighted by atomic mass is 127. The van der Waals surface area contributed by atoms with Crippen LogP contribution in [0, 0.1) is 3.57 Å². The minimum absolute atomic E-state index is 0.587. The van der Waals surface area contributed by atoms with Crippen molar-refractivity contribution >= 4 is 46.0 Å². The monoisotopic (exact) mass is 342 g/mol. The highest BCUT2D eigenvalue weighted by Crippen LogP contribution is 2.21. The van der Waals surface area contributed by atoms with Crippen LogP contribution in [0.15, 0.2) is 0 Å². The number of hydrogen-bond acceptors (Lipinski definition) is 3. The minimum atomic E-state index is 0.587. The van der Waals surface area contributed by atoms with E-state index in [-0.39, 0.29) is 0 Å². The van der Waals surface area contributed by atoms with Crippen molar-refractivity contribution in [3.05, 3.63) is 20.2 Å². The molecule has 0 radical (unpaired) electrons. The van der Waals surface area contributed by atoms with Gasteiger partial charge in [-0.25, -0.2) is 9.97 Å². The van der Waals surface area contributed by atoms with E-state index in [4.69, 9.17) is 11.6 Å². The Morgan fingerprint density at radius 2 is 2.07 bits per heavy atom. The van der Waals surface area contributed by atoms with Gasteiger partial charge in [-0.2, -0.15) is 11.8 Å². The number of aromatic nitrogens is 2. The van der Waals surface area contributed by atoms with Gasteiger partial charge in [0.15, 0.2) is 0 Å². The second-order valence-corrected chi connectivity index (χ2v) is 5.39. The smallest absolute Gasteiger partial charge is 0.146 e. The fourth-order valence-corrected chi connectivity index (χ4v) is 2.35. The number of thioether (sulfide) groups is 1. The van der Waals surface area contributed by atoms with Crippen LogP contribution in [-0.4, -0.2) is 15.7 Å². The predicted molar refractivity (Wildman–Crippen MR) is 71.0 cm³/mol. The standard InChI is InChI=1S/C9H12ClIN2S/c1-3-6-8(11)9(10)13-7(12-6)5-14-4-2/h3-5H2,1-2H3. The molecule has 0 aliphatic rings. The fraction of sp³-hybridized carbons (Fsp3) is 0.556. The van der Waals surface area contributed by atoms with Crippen molar-refractivity contribution in [2.75, 3.05) is 5.75 Å². The molecule has 78 valence electrons. The van der Waals surface area contributed by atoms with E-state index in [9.17, 15) is 0 Å². The van der Waals surface area contributed by atoms with Gasteiger partial charge in [-0.15, -0.1) is 0 Å². The Balaban J connectivity index is 2.91. The van der Waals surface area contributed by atoms with Crippen LogP contribution in [0.1, 0.15) is 25.4 Å². The quantitative estimate of drug-likeness (QED) is 0.618. The van der Waals surface area contributed by atoms with Crippen LogP contribution in [0.25, 0.3) is 0 Å². The normalized spacial score (nSPS) is 10.6. The molecule has 1 aromatic rings. The molecule has 0 saturated carbocycles. The Kier molecular flexibility index (Phi) is 5.48. The summed E-state index contributed by atoms with van der Waals surface area (Å²) in [6.07, 6.45) is 0.907. The van der Waals surface area contributed by atoms with Crippen molar-refractivity contribution in [2.45, 2.75) is 26.0 Å². The molecule has 1 aromatic heterocycles. The van der Waals surface area contributed by atoms with Gasteiger partial charge in [-0.05, 0) is 34.8 Å². The summed E-state index contributed by atoms with van der Waals surface area (Å²) >= 11 is 10.0. The van der Waals surface area contributed by atoms with E-state index in [2.05, 4.69) is 46.4 Å². The van der Waals surface area contributed by atoms with Crippen LogP contribution in [-0.2, 0) is 12.2 Å². The molecule has 2 nitrogen and oxygen atoms in total. The molecule has 14 heavy (non-hydrogen) atoms. The summed E-state index contributed by atoms with van der Waals surface area (Å²) in [7, 11) is 0. The Morgan fingerprint density at radius 1 is 1.36 bits per heavy atom. The summed E-state index contributed by atoms with van der Waals surface area (Å²) in [6, 6.07) is 0. The first-order valence-electron chi connectivity index (χ1n) is 4.47. The maximum absolute atomic E-state index is 6.01. The molecular weight excluding hydrogens is 331 g/mol. The maximum atomic E-state index is 6.01. The number of hydrogen-bond donors (Lipinski definition) is 0. The zero-order valence-electron chi connectivity index (χ0n) is 8.18. The van der Waals surface area contributed by atoms with Crippen LogP contribution in [0.4, 0.5) is 0 Å². The highest BCUT2D eigenvalue weighted by Gasteiger charge is 2.08. The molecule has 0 unspecified atom stereocenters. The van der Waals surface area contributed by atoms with Gasteiger partial charge in [0, 0.05) is 0 Å². The van der Waals surface area contributed by atoms with Gasteiger partial charge in [-0.1, -0.05) is 25.4 Å². The molecule has 1 rings (SSSR count). The summed E-state index contributed by atoms with van der Waals surface area (Å²) in [5, 5.41) is 0.587. The third kappa shape index (κ3) is 3.24. The van der Waals surface area contributed by atoms with Gasteiger partial charge < -0.3 is 0 Å². The van der Waals surface area contributed by atoms with Crippen molar-refractivity contribution in [3.8, 4) is 0 Å². The van der Waals surface area contributed by atoms with Gasteiger partial charge in [-0.3, -0.25) is 0 Å². The molecule has 0 amide bonds. The van der Waals surface area contributed by atoms with Gasteiger partial charge >= 0.3 is 0 Å². The lowest BCUT2D eigenvalue weighted by Gasteiger charge is -2.05. The average Bonchev–Trinajstić information content (AvgIpc) is 2.19. The van der Waals surface area contributed by atoms with Gasteiger partial charge in [0.05, 0.1) is 15.0 Å². The summed E-state index contributed by atoms with van der Waals surface area (Å²) < 4.78 is 0.983. The summed E-state index contributed by atoms with van der Waals surface area (Å²) in [6.45, 7) is 4.21. The van der Waals surface area contributed by atoms with E-state index in [1.165, 1.54) is 0 Å². The predicted octanol–water partition coefficient (Wildman–Crippen LogP) is 3.55. The largest absolute Gasteiger partial charge is 0.236 e. The van der Waals surface area contributed by atoms with Crippen LogP contribution in [0.2, 0.25) is 5.15 Å². The van der Waals surface area contributed by atoms with Crippen LogP contribution in [0.3, 0.4) is 0 Å². The van der Waals surface area contributed by atoms with Crippen molar-refractivity contribution in [1.82, 2.24) is 9.97 Å². The Morgan fingerprint density at radius 3 is 2.64 bits per heavy atom. The molecule has 1 heterocycles. The molecule has 0 atom stereocenters. The molecule has 0 saturated heterocycles. The first-order valence-corrected chi connectivity index (χ1v) is 7.08. The average molecular weight is 343 g/mol. The summed E-state index contributed by atoms with van der Waals surface area (Å²) in [4.78, 5) is 8.71. The molecule has 0 aromatic carbocycles. The van der Waals surface area contributed by atoms with Crippen LogP contribution < -0.4 is 0 Å². The second kappa shape index (κ2) is 6.12. The van der Waals surface area contributed by atoms with Crippen LogP contribution >= 0.6 is 46.0 Å². The zero-order chi connectivity index (χ0) is 10.6. The maximum Gasteiger partial charge on any atom is 0.146 e. The van der Waals surface area contributed by atoms with Crippen molar-refractivity contribution < 1.29 is 0 Å². The van der Waals surface area contributed by atoms with Crippen molar-refractivity contribution in [1.29, 1.82) is 0 Å². The molecule has 0 spiro atoms. The van der Waals surface area contributed by atoms with E-state index in [0.717, 1.165) is 33.0 Å². The number of halogens is 2. The van der Waals surface area contributed by atoms with Crippen molar-refractivity contribution in [3.63, 3.8) is 0 Å². The molecule has 0 fully saturated rings. The lowest BCUT2D eigenvalue weighted by molar-refractivity contribution is 0.927. The number of rotatable bonds is 4. The number of aryl methyl sites for hydroxylation is 1. The lowest BCUT2D eigenvalue weighted by atomic mass is 10.3. The fourth-order valence-electron chi connectivity index (χ4n) is 1.00. The molecule has 0 N–H and O–H groups in total. The zero-order valence-corrected chi connectivity index (χ0v) is 11.9. The highest BCUT2D eigenvalue weighted by molar-refractivity contribution is 14.1. The second-order valence-electron chi connectivity index (χ2n) is 2.68. The molecule has 5 heteroatoms. The van der Waals surface area contributed by atoms with E-state index in [0.29, 0.717) is 5.15 Å². The SMILES string of the molecule is CCSCc1nc(Cl)c(I)c(CC)n1. The molecule has 0 aliphatic heterocycles. The lowest BCUT2D eigenvalue weighted by Crippen LogP contribution is -2.01. The minimum Gasteiger partial charge on any atom is -0.236 e. The summed E-state index contributed by atoms with van der Waals surface area (Å²) in [5.74, 6) is 2.77. The van der Waals surface area contributed by atoms with E-state index in [1.54, 1.807) is 0 Å². The van der Waals surface area contributed by atoms with Gasteiger partial charge in [0.2, 0.25) is 0 Å². The van der Waals surface area contributed by atoms with Gasteiger partial charge in [0.25, 0.3) is 0 Å². The topological polar surface area (TPSA) is 25.8 Å². The first-order chi connectivity index (χ1) is 6.69. The van der Waals surface area contributed by atoms with Gasteiger partial charge in [0.1, 0.15) is 11.0 Å². The Labute approximate surface area is 107 Å². The van der Waals surface area contributed by atoms with Crippen LogP contribution in [0.5, 0.6) is 0 Å². The Hall–Kier alpha value is 0.450. The van der Waals surface area contributed by atoms with E-state index >= 15 is 0 Å². The summed E-state index contributed by atoms with van der Waals surface area (Å²) in [5.41, 5.74) is 1.05. The molecule has 0 bridgehead atoms. The van der Waals surface area contributed by atoms with Crippen molar-refractivity contribution in [2.24, 2.45) is 0 Å². The third-order valence-corrected chi connectivity index (χ3v) is 4.29.